The first-order valence-corrected chi connectivity index (χ1v) is 5.98. The summed E-state index contributed by atoms with van der Waals surface area (Å²) < 4.78 is 5.07. The molecule has 1 atom stereocenters. The molecule has 0 aromatic carbocycles. The van der Waals surface area contributed by atoms with Gasteiger partial charge in [0.25, 0.3) is 5.56 Å². The van der Waals surface area contributed by atoms with Crippen molar-refractivity contribution in [2.45, 2.75) is 33.2 Å². The zero-order valence-electron chi connectivity index (χ0n) is 11.4. The predicted molar refractivity (Wildman–Crippen MR) is 71.9 cm³/mol. The number of nitrogens with zero attached hydrogens (tertiary/aromatic N) is 1. The van der Waals surface area contributed by atoms with E-state index in [2.05, 4.69) is 36.1 Å². The topological polar surface area (TPSA) is 93.0 Å². The SMILES string of the molecule is COc1c(NC(CCN)C(C)(C)C)nc[nH]c1=O. The minimum Gasteiger partial charge on any atom is -0.489 e. The van der Waals surface area contributed by atoms with Gasteiger partial charge in [0.15, 0.2) is 5.82 Å². The normalized spacial score (nSPS) is 13.2. The third kappa shape index (κ3) is 3.46. The van der Waals surface area contributed by atoms with Gasteiger partial charge in [0.2, 0.25) is 5.75 Å². The van der Waals surface area contributed by atoms with Crippen LogP contribution in [0.1, 0.15) is 27.2 Å². The lowest BCUT2D eigenvalue weighted by atomic mass is 9.85. The summed E-state index contributed by atoms with van der Waals surface area (Å²) in [6.45, 7) is 6.90. The summed E-state index contributed by atoms with van der Waals surface area (Å²) in [5.74, 6) is 0.651. The van der Waals surface area contributed by atoms with E-state index in [0.717, 1.165) is 6.42 Å². The smallest absolute Gasteiger partial charge is 0.295 e. The monoisotopic (exact) mass is 254 g/mol. The Hall–Kier alpha value is -1.56. The van der Waals surface area contributed by atoms with Gasteiger partial charge in [0, 0.05) is 6.04 Å². The Labute approximate surface area is 107 Å². The molecule has 6 nitrogen and oxygen atoms in total. The zero-order chi connectivity index (χ0) is 13.8. The maximum atomic E-state index is 11.6. The third-order valence-corrected chi connectivity index (χ3v) is 2.83. The molecule has 0 bridgehead atoms. The zero-order valence-corrected chi connectivity index (χ0v) is 11.4. The molecule has 102 valence electrons. The second kappa shape index (κ2) is 5.86. The van der Waals surface area contributed by atoms with Crippen LogP contribution in [0.3, 0.4) is 0 Å². The van der Waals surface area contributed by atoms with Crippen LogP contribution in [0, 0.1) is 5.41 Å². The molecule has 0 spiro atoms. The maximum absolute atomic E-state index is 11.6. The molecule has 0 fully saturated rings. The van der Waals surface area contributed by atoms with Gasteiger partial charge in [-0.1, -0.05) is 20.8 Å². The average molecular weight is 254 g/mol. The van der Waals surface area contributed by atoms with Crippen LogP contribution in [0.5, 0.6) is 5.75 Å². The van der Waals surface area contributed by atoms with Crippen molar-refractivity contribution < 1.29 is 4.74 Å². The number of ether oxygens (including phenoxy) is 1. The second-order valence-corrected chi connectivity index (χ2v) is 5.25. The molecule has 1 rings (SSSR count). The Kier molecular flexibility index (Phi) is 4.72. The van der Waals surface area contributed by atoms with E-state index in [-0.39, 0.29) is 22.8 Å². The van der Waals surface area contributed by atoms with Crippen molar-refractivity contribution in [3.05, 3.63) is 16.7 Å². The summed E-state index contributed by atoms with van der Waals surface area (Å²) in [6, 6.07) is 0.116. The number of nitrogens with two attached hydrogens (primary N) is 1. The highest BCUT2D eigenvalue weighted by molar-refractivity contribution is 5.48. The lowest BCUT2D eigenvalue weighted by Crippen LogP contribution is -2.36. The number of rotatable bonds is 5. The first-order chi connectivity index (χ1) is 8.40. The van der Waals surface area contributed by atoms with Crippen LogP contribution in [0.25, 0.3) is 0 Å². The maximum Gasteiger partial charge on any atom is 0.295 e. The van der Waals surface area contributed by atoms with Gasteiger partial charge in [-0.2, -0.15) is 0 Å². The van der Waals surface area contributed by atoms with Crippen molar-refractivity contribution in [1.82, 2.24) is 9.97 Å². The van der Waals surface area contributed by atoms with Crippen molar-refractivity contribution in [3.8, 4) is 5.75 Å². The molecule has 18 heavy (non-hydrogen) atoms. The standard InChI is InChI=1S/C12H22N4O2/c1-12(2,3)8(5-6-13)16-10-9(18-4)11(17)15-7-14-10/h7-8H,5-6,13H2,1-4H3,(H2,14,15,16,17). The quantitative estimate of drug-likeness (QED) is 0.727. The predicted octanol–water partition coefficient (Wildman–Crippen LogP) is 0.954. The Morgan fingerprint density at radius 2 is 2.22 bits per heavy atom. The van der Waals surface area contributed by atoms with Gasteiger partial charge in [-0.25, -0.2) is 4.98 Å². The molecule has 1 aromatic rings. The van der Waals surface area contributed by atoms with Crippen LogP contribution in [0.15, 0.2) is 11.1 Å². The summed E-state index contributed by atoms with van der Waals surface area (Å²) in [7, 11) is 1.45. The molecule has 0 radical (unpaired) electrons. The Morgan fingerprint density at radius 3 is 2.72 bits per heavy atom. The summed E-state index contributed by atoms with van der Waals surface area (Å²) >= 11 is 0. The molecule has 4 N–H and O–H groups in total. The van der Waals surface area contributed by atoms with E-state index in [4.69, 9.17) is 10.5 Å². The molecule has 0 saturated carbocycles. The van der Waals surface area contributed by atoms with Crippen molar-refractivity contribution in [2.75, 3.05) is 19.0 Å². The van der Waals surface area contributed by atoms with Crippen molar-refractivity contribution in [2.24, 2.45) is 11.1 Å². The largest absolute Gasteiger partial charge is 0.489 e. The molecule has 0 amide bonds. The van der Waals surface area contributed by atoms with E-state index in [1.54, 1.807) is 0 Å². The van der Waals surface area contributed by atoms with Crippen molar-refractivity contribution in [3.63, 3.8) is 0 Å². The van der Waals surface area contributed by atoms with Crippen molar-refractivity contribution >= 4 is 5.82 Å². The van der Waals surface area contributed by atoms with Gasteiger partial charge in [0.1, 0.15) is 0 Å². The summed E-state index contributed by atoms with van der Waals surface area (Å²) in [5.41, 5.74) is 5.33. The Balaban J connectivity index is 3.01. The van der Waals surface area contributed by atoms with E-state index in [1.165, 1.54) is 13.4 Å². The second-order valence-electron chi connectivity index (χ2n) is 5.25. The molecule has 1 unspecified atom stereocenters. The minimum absolute atomic E-state index is 0.00860. The van der Waals surface area contributed by atoms with Gasteiger partial charge in [-0.05, 0) is 18.4 Å². The van der Waals surface area contributed by atoms with Gasteiger partial charge >= 0.3 is 0 Å². The lowest BCUT2D eigenvalue weighted by Gasteiger charge is -2.31. The van der Waals surface area contributed by atoms with E-state index < -0.39 is 0 Å². The summed E-state index contributed by atoms with van der Waals surface area (Å²) in [4.78, 5) is 18.2. The number of hydrogen-bond acceptors (Lipinski definition) is 5. The first kappa shape index (κ1) is 14.5. The number of aromatic amines is 1. The van der Waals surface area contributed by atoms with E-state index in [9.17, 15) is 4.79 Å². The van der Waals surface area contributed by atoms with Gasteiger partial charge in [-0.3, -0.25) is 4.79 Å². The number of methoxy groups -OCH3 is 1. The van der Waals surface area contributed by atoms with Crippen LogP contribution >= 0.6 is 0 Å². The van der Waals surface area contributed by atoms with E-state index >= 15 is 0 Å². The molecule has 0 saturated heterocycles. The number of anilines is 1. The molecule has 6 heteroatoms. The first-order valence-electron chi connectivity index (χ1n) is 5.98. The van der Waals surface area contributed by atoms with Crippen LogP contribution in [0.2, 0.25) is 0 Å². The fourth-order valence-corrected chi connectivity index (χ4v) is 1.73. The highest BCUT2D eigenvalue weighted by atomic mass is 16.5. The van der Waals surface area contributed by atoms with E-state index in [1.807, 2.05) is 0 Å². The third-order valence-electron chi connectivity index (χ3n) is 2.83. The fourth-order valence-electron chi connectivity index (χ4n) is 1.73. The molecular formula is C12H22N4O2. The van der Waals surface area contributed by atoms with Crippen LogP contribution in [-0.2, 0) is 0 Å². The Morgan fingerprint density at radius 1 is 1.56 bits per heavy atom. The summed E-state index contributed by atoms with van der Waals surface area (Å²) in [5, 5.41) is 3.24. The highest BCUT2D eigenvalue weighted by Gasteiger charge is 2.25. The molecule has 0 aliphatic carbocycles. The molecule has 1 aromatic heterocycles. The van der Waals surface area contributed by atoms with Gasteiger partial charge in [-0.15, -0.1) is 0 Å². The Bertz CT molecular complexity index is 436. The number of hydrogen-bond donors (Lipinski definition) is 3. The lowest BCUT2D eigenvalue weighted by molar-refractivity contribution is 0.326. The van der Waals surface area contributed by atoms with Crippen LogP contribution < -0.4 is 21.3 Å². The van der Waals surface area contributed by atoms with Crippen LogP contribution in [-0.4, -0.2) is 29.7 Å². The summed E-state index contributed by atoms with van der Waals surface area (Å²) in [6.07, 6.45) is 2.15. The number of nitrogens with one attached hydrogen (secondary N) is 2. The average Bonchev–Trinajstić information content (AvgIpc) is 2.27. The number of aromatic nitrogens is 2. The van der Waals surface area contributed by atoms with Crippen LogP contribution in [0.4, 0.5) is 5.82 Å². The molecular weight excluding hydrogens is 232 g/mol. The van der Waals surface area contributed by atoms with E-state index in [0.29, 0.717) is 12.4 Å². The van der Waals surface area contributed by atoms with Gasteiger partial charge in [0.05, 0.1) is 13.4 Å². The molecule has 0 aliphatic rings. The molecule has 0 aliphatic heterocycles. The minimum atomic E-state index is -0.296. The highest BCUT2D eigenvalue weighted by Crippen LogP contribution is 2.26. The van der Waals surface area contributed by atoms with Gasteiger partial charge < -0.3 is 20.8 Å². The molecule has 1 heterocycles. The van der Waals surface area contributed by atoms with Crippen molar-refractivity contribution in [1.29, 1.82) is 0 Å². The number of H-pyrrole nitrogens is 1. The fraction of sp³-hybridized carbons (Fsp3) is 0.667.